The lowest BCUT2D eigenvalue weighted by molar-refractivity contribution is 0.102. The Bertz CT molecular complexity index is 1110. The third-order valence-electron chi connectivity index (χ3n) is 4.08. The molecule has 138 valence electrons. The molecule has 2 N–H and O–H groups in total. The van der Waals surface area contributed by atoms with Gasteiger partial charge in [0.2, 0.25) is 0 Å². The van der Waals surface area contributed by atoms with Crippen LogP contribution in [-0.4, -0.2) is 21.1 Å². The molecule has 1 heterocycles. The number of ether oxygens (including phenoxy) is 1. The van der Waals surface area contributed by atoms with Gasteiger partial charge in [-0.25, -0.2) is 4.98 Å². The van der Waals surface area contributed by atoms with Crippen LogP contribution in [0.1, 0.15) is 16.2 Å². The van der Waals surface area contributed by atoms with Crippen LogP contribution < -0.4 is 10.1 Å². The maximum absolute atomic E-state index is 12.8. The number of carbonyl (C=O) groups excluding carboxylic acids is 1. The normalized spacial score (nSPS) is 10.5. The second-order valence-electron chi connectivity index (χ2n) is 6.19. The quantitative estimate of drug-likeness (QED) is 0.528. The summed E-state index contributed by atoms with van der Waals surface area (Å²) in [5, 5.41) is 9.89. The number of anilines is 1. The Morgan fingerprint density at radius 1 is 0.964 bits per heavy atom. The Kier molecular flexibility index (Phi) is 4.84. The van der Waals surface area contributed by atoms with Crippen LogP contribution in [0.5, 0.6) is 11.5 Å². The molecule has 0 saturated carbocycles. The topological polar surface area (TPSA) is 79.9 Å². The van der Waals surface area contributed by atoms with Gasteiger partial charge >= 0.3 is 0 Å². The van der Waals surface area contributed by atoms with Crippen molar-refractivity contribution >= 4 is 11.6 Å². The van der Waals surface area contributed by atoms with E-state index >= 15 is 0 Å². The smallest absolute Gasteiger partial charge is 0.259 e. The van der Waals surface area contributed by atoms with Crippen molar-refractivity contribution in [3.05, 3.63) is 90.3 Å². The molecule has 0 bridgehead atoms. The second-order valence-corrected chi connectivity index (χ2v) is 6.19. The number of benzene rings is 3. The lowest BCUT2D eigenvalue weighted by Gasteiger charge is -2.12. The van der Waals surface area contributed by atoms with Crippen molar-refractivity contribution in [3.8, 4) is 22.9 Å². The van der Waals surface area contributed by atoms with Crippen molar-refractivity contribution in [1.82, 2.24) is 15.2 Å². The summed E-state index contributed by atoms with van der Waals surface area (Å²) in [7, 11) is 0. The number of aromatic nitrogens is 3. The number of para-hydroxylation sites is 2. The monoisotopic (exact) mass is 370 g/mol. The fraction of sp³-hybridized carbons (Fsp3) is 0.0455. The van der Waals surface area contributed by atoms with E-state index in [2.05, 4.69) is 20.5 Å². The zero-order valence-corrected chi connectivity index (χ0v) is 15.2. The van der Waals surface area contributed by atoms with Gasteiger partial charge in [-0.05, 0) is 43.3 Å². The third-order valence-corrected chi connectivity index (χ3v) is 4.08. The van der Waals surface area contributed by atoms with Crippen LogP contribution in [0.4, 0.5) is 5.69 Å². The third kappa shape index (κ3) is 3.91. The van der Waals surface area contributed by atoms with Gasteiger partial charge in [-0.1, -0.05) is 42.5 Å². The van der Waals surface area contributed by atoms with Crippen LogP contribution in [0, 0.1) is 6.92 Å². The fourth-order valence-electron chi connectivity index (χ4n) is 2.77. The first-order valence-corrected chi connectivity index (χ1v) is 8.82. The van der Waals surface area contributed by atoms with E-state index < -0.39 is 0 Å². The average Bonchev–Trinajstić information content (AvgIpc) is 3.16. The standard InChI is InChI=1S/C22H18N4O2/c1-15-23-21(26-25-15)16-8-7-9-17(14-16)24-22(27)19-12-5-6-13-20(19)28-18-10-3-2-4-11-18/h2-14H,1H3,(H,24,27)(H,23,25,26). The van der Waals surface area contributed by atoms with E-state index in [0.29, 0.717) is 28.6 Å². The molecule has 4 rings (SSSR count). The first kappa shape index (κ1) is 17.5. The number of nitrogens with zero attached hydrogens (tertiary/aromatic N) is 2. The highest BCUT2D eigenvalue weighted by molar-refractivity contribution is 6.06. The summed E-state index contributed by atoms with van der Waals surface area (Å²) >= 11 is 0. The summed E-state index contributed by atoms with van der Waals surface area (Å²) in [5.74, 6) is 2.23. The molecular formula is C22H18N4O2. The van der Waals surface area contributed by atoms with E-state index in [9.17, 15) is 4.79 Å². The van der Waals surface area contributed by atoms with Crippen LogP contribution in [0.15, 0.2) is 78.9 Å². The molecule has 6 nitrogen and oxygen atoms in total. The molecule has 6 heteroatoms. The molecule has 0 unspecified atom stereocenters. The van der Waals surface area contributed by atoms with E-state index in [0.717, 1.165) is 11.4 Å². The molecule has 0 aliphatic heterocycles. The summed E-state index contributed by atoms with van der Waals surface area (Å²) < 4.78 is 5.88. The zero-order valence-electron chi connectivity index (χ0n) is 15.2. The molecular weight excluding hydrogens is 352 g/mol. The predicted octanol–water partition coefficient (Wildman–Crippen LogP) is 4.82. The van der Waals surface area contributed by atoms with Crippen LogP contribution >= 0.6 is 0 Å². The van der Waals surface area contributed by atoms with Crippen LogP contribution in [0.25, 0.3) is 11.4 Å². The number of amides is 1. The maximum Gasteiger partial charge on any atom is 0.259 e. The van der Waals surface area contributed by atoms with Crippen molar-refractivity contribution in [2.45, 2.75) is 6.92 Å². The number of hydrogen-bond acceptors (Lipinski definition) is 4. The average molecular weight is 370 g/mol. The van der Waals surface area contributed by atoms with Crippen molar-refractivity contribution in [2.24, 2.45) is 0 Å². The molecule has 0 aliphatic carbocycles. The van der Waals surface area contributed by atoms with E-state index in [-0.39, 0.29) is 5.91 Å². The Balaban J connectivity index is 1.56. The number of rotatable bonds is 5. The lowest BCUT2D eigenvalue weighted by atomic mass is 10.1. The Labute approximate surface area is 162 Å². The highest BCUT2D eigenvalue weighted by Crippen LogP contribution is 2.26. The first-order chi connectivity index (χ1) is 13.7. The van der Waals surface area contributed by atoms with Gasteiger partial charge in [0.15, 0.2) is 5.82 Å². The number of H-pyrrole nitrogens is 1. The molecule has 0 spiro atoms. The minimum atomic E-state index is -0.255. The second kappa shape index (κ2) is 7.75. The molecule has 4 aromatic rings. The predicted molar refractivity (Wildman–Crippen MR) is 107 cm³/mol. The van der Waals surface area contributed by atoms with Gasteiger partial charge in [0.1, 0.15) is 17.3 Å². The van der Waals surface area contributed by atoms with Gasteiger partial charge in [-0.2, -0.15) is 5.10 Å². The molecule has 0 fully saturated rings. The Morgan fingerprint density at radius 3 is 2.54 bits per heavy atom. The zero-order chi connectivity index (χ0) is 19.3. The van der Waals surface area contributed by atoms with Gasteiger partial charge in [0.05, 0.1) is 5.56 Å². The van der Waals surface area contributed by atoms with Gasteiger partial charge in [0, 0.05) is 11.3 Å². The van der Waals surface area contributed by atoms with E-state index in [1.807, 2.05) is 67.6 Å². The lowest BCUT2D eigenvalue weighted by Crippen LogP contribution is -2.13. The Morgan fingerprint density at radius 2 is 1.75 bits per heavy atom. The minimum absolute atomic E-state index is 0.255. The summed E-state index contributed by atoms with van der Waals surface area (Å²) in [5.41, 5.74) is 1.92. The van der Waals surface area contributed by atoms with Crippen molar-refractivity contribution in [1.29, 1.82) is 0 Å². The summed E-state index contributed by atoms with van der Waals surface area (Å²) in [4.78, 5) is 17.2. The molecule has 0 radical (unpaired) electrons. The SMILES string of the molecule is Cc1nc(-c2cccc(NC(=O)c3ccccc3Oc3ccccc3)c2)n[nH]1. The van der Waals surface area contributed by atoms with Crippen molar-refractivity contribution in [2.75, 3.05) is 5.32 Å². The largest absolute Gasteiger partial charge is 0.457 e. The number of aromatic amines is 1. The van der Waals surface area contributed by atoms with Crippen LogP contribution in [0.3, 0.4) is 0 Å². The first-order valence-electron chi connectivity index (χ1n) is 8.82. The molecule has 0 saturated heterocycles. The molecule has 0 atom stereocenters. The van der Waals surface area contributed by atoms with E-state index in [4.69, 9.17) is 4.74 Å². The molecule has 28 heavy (non-hydrogen) atoms. The summed E-state index contributed by atoms with van der Waals surface area (Å²) in [6, 6.07) is 23.9. The number of hydrogen-bond donors (Lipinski definition) is 2. The van der Waals surface area contributed by atoms with Gasteiger partial charge in [-0.3, -0.25) is 9.89 Å². The highest BCUT2D eigenvalue weighted by Gasteiger charge is 2.14. The van der Waals surface area contributed by atoms with Crippen LogP contribution in [-0.2, 0) is 0 Å². The minimum Gasteiger partial charge on any atom is -0.457 e. The number of nitrogens with one attached hydrogen (secondary N) is 2. The summed E-state index contributed by atoms with van der Waals surface area (Å²) in [6.07, 6.45) is 0. The molecule has 3 aromatic carbocycles. The number of carbonyl (C=O) groups is 1. The molecule has 1 amide bonds. The van der Waals surface area contributed by atoms with Crippen molar-refractivity contribution < 1.29 is 9.53 Å². The van der Waals surface area contributed by atoms with Gasteiger partial charge in [0.25, 0.3) is 5.91 Å². The highest BCUT2D eigenvalue weighted by atomic mass is 16.5. The Hall–Kier alpha value is -3.93. The van der Waals surface area contributed by atoms with E-state index in [1.165, 1.54) is 0 Å². The fourth-order valence-corrected chi connectivity index (χ4v) is 2.77. The molecule has 1 aromatic heterocycles. The number of aryl methyl sites for hydroxylation is 1. The van der Waals surface area contributed by atoms with E-state index in [1.54, 1.807) is 18.2 Å². The molecule has 0 aliphatic rings. The maximum atomic E-state index is 12.8. The summed E-state index contributed by atoms with van der Waals surface area (Å²) in [6.45, 7) is 1.84. The van der Waals surface area contributed by atoms with Crippen LogP contribution in [0.2, 0.25) is 0 Å². The van der Waals surface area contributed by atoms with Crippen molar-refractivity contribution in [3.63, 3.8) is 0 Å². The van der Waals surface area contributed by atoms with Gasteiger partial charge < -0.3 is 10.1 Å². The van der Waals surface area contributed by atoms with Gasteiger partial charge in [-0.15, -0.1) is 0 Å².